The largest absolute Gasteiger partial charge is 0.511 e. The molecule has 1 atom stereocenters. The summed E-state index contributed by atoms with van der Waals surface area (Å²) in [6, 6.07) is 21.5. The van der Waals surface area contributed by atoms with Crippen molar-refractivity contribution < 1.29 is 38.9 Å². The van der Waals surface area contributed by atoms with Crippen LogP contribution in [0, 0.1) is 11.3 Å². The van der Waals surface area contributed by atoms with Crippen LogP contribution in [0.15, 0.2) is 89.1 Å². The van der Waals surface area contributed by atoms with E-state index < -0.39 is 24.1 Å². The fraction of sp³-hybridized carbons (Fsp3) is 0.375. The summed E-state index contributed by atoms with van der Waals surface area (Å²) < 4.78 is 11.1. The molecule has 0 heterocycles. The number of nitrogens with one attached hydrogen (secondary N) is 1. The minimum absolute atomic E-state index is 0.0390. The lowest BCUT2D eigenvalue weighted by atomic mass is 9.75. The number of carbonyl (C=O) groups is 4. The predicted octanol–water partition coefficient (Wildman–Crippen LogP) is 7.82. The molecule has 0 saturated carbocycles. The topological polar surface area (TPSA) is 152 Å². The number of alkyl carbamates (subject to hydrolysis) is 1. The van der Waals surface area contributed by atoms with Crippen LogP contribution in [0.1, 0.15) is 82.4 Å². The van der Waals surface area contributed by atoms with Crippen molar-refractivity contribution in [1.29, 1.82) is 0 Å². The van der Waals surface area contributed by atoms with Gasteiger partial charge in [0.05, 0.1) is 17.0 Å². The number of amides is 1. The summed E-state index contributed by atoms with van der Waals surface area (Å²) in [5.74, 6) is -1.94. The Morgan fingerprint density at radius 3 is 2.12 bits per heavy atom. The number of hydrogen-bond donors (Lipinski definition) is 3. The van der Waals surface area contributed by atoms with Crippen molar-refractivity contribution in [2.45, 2.75) is 78.4 Å². The van der Waals surface area contributed by atoms with E-state index in [-0.39, 0.29) is 54.8 Å². The highest BCUT2D eigenvalue weighted by atomic mass is 16.6. The van der Waals surface area contributed by atoms with E-state index in [0.29, 0.717) is 41.8 Å². The molecule has 262 valence electrons. The van der Waals surface area contributed by atoms with Crippen molar-refractivity contribution in [2.24, 2.45) is 16.3 Å². The average Bonchev–Trinajstić information content (AvgIpc) is 3.37. The number of aliphatic hydroxyl groups is 1. The first kappa shape index (κ1) is 36.0. The van der Waals surface area contributed by atoms with Crippen LogP contribution in [0.3, 0.4) is 0 Å². The highest BCUT2D eigenvalue weighted by Crippen LogP contribution is 2.44. The summed E-state index contributed by atoms with van der Waals surface area (Å²) in [7, 11) is 0. The summed E-state index contributed by atoms with van der Waals surface area (Å²) in [6.07, 6.45) is -0.139. The number of ether oxygens (including phenoxy) is 2. The second kappa shape index (κ2) is 15.5. The van der Waals surface area contributed by atoms with Crippen LogP contribution in [0.2, 0.25) is 0 Å². The highest BCUT2D eigenvalue weighted by Gasteiger charge is 2.35. The molecule has 50 heavy (non-hydrogen) atoms. The number of fused-ring (bicyclic) bond motifs is 3. The van der Waals surface area contributed by atoms with Crippen molar-refractivity contribution in [3.05, 3.63) is 101 Å². The fourth-order valence-electron chi connectivity index (χ4n) is 6.58. The molecule has 0 saturated heterocycles. The lowest BCUT2D eigenvalue weighted by Gasteiger charge is -2.30. The maximum absolute atomic E-state index is 13.1. The zero-order valence-electron chi connectivity index (χ0n) is 28.9. The van der Waals surface area contributed by atoms with Gasteiger partial charge in [0, 0.05) is 25.2 Å². The standard InChI is InChI=1S/C40H44N2O8/c1-24(2)19-33(37-34(43)20-40(3,4)21-35(37)44)41-26-15-13-25(14-16-26)22-49-38(47)32(17-18-36(45)46)42-39(48)50-23-31-29-11-7-5-9-27(29)28-10-6-8-12-30(28)31/h5-16,24,31-32,43H,17-23H2,1-4H3,(H,42,48)(H,45,46). The van der Waals surface area contributed by atoms with Gasteiger partial charge in [-0.15, -0.1) is 0 Å². The Balaban J connectivity index is 1.21. The molecule has 1 unspecified atom stereocenters. The van der Waals surface area contributed by atoms with Crippen molar-refractivity contribution >= 4 is 35.2 Å². The number of Topliss-reactive ketones (excluding diaryl/α,β-unsaturated/α-hetero) is 1. The molecule has 0 fully saturated rings. The van der Waals surface area contributed by atoms with E-state index in [1.54, 1.807) is 24.3 Å². The molecule has 3 aromatic carbocycles. The van der Waals surface area contributed by atoms with Gasteiger partial charge in [0.2, 0.25) is 0 Å². The summed E-state index contributed by atoms with van der Waals surface area (Å²) in [6.45, 7) is 7.86. The maximum atomic E-state index is 13.1. The van der Waals surface area contributed by atoms with Crippen molar-refractivity contribution in [3.63, 3.8) is 0 Å². The van der Waals surface area contributed by atoms with E-state index >= 15 is 0 Å². The number of aliphatic imine (C=N–C) groups is 1. The van der Waals surface area contributed by atoms with E-state index in [2.05, 4.69) is 5.32 Å². The molecule has 1 amide bonds. The quantitative estimate of drug-likeness (QED) is 0.122. The number of carboxylic acids is 1. The molecule has 0 aliphatic heterocycles. The smallest absolute Gasteiger partial charge is 0.407 e. The summed E-state index contributed by atoms with van der Waals surface area (Å²) >= 11 is 0. The van der Waals surface area contributed by atoms with E-state index in [4.69, 9.17) is 14.5 Å². The second-order valence-corrected chi connectivity index (χ2v) is 14.1. The van der Waals surface area contributed by atoms with Gasteiger partial charge >= 0.3 is 18.0 Å². The monoisotopic (exact) mass is 680 g/mol. The van der Waals surface area contributed by atoms with Gasteiger partial charge in [-0.3, -0.25) is 14.6 Å². The Hall–Kier alpha value is -5.25. The number of allylic oxidation sites excluding steroid dienone is 2. The van der Waals surface area contributed by atoms with Crippen LogP contribution >= 0.6 is 0 Å². The number of ketones is 1. The zero-order chi connectivity index (χ0) is 36.0. The number of aliphatic hydroxyl groups excluding tert-OH is 1. The number of carboxylic acid groups (broad SMARTS) is 1. The number of rotatable bonds is 13. The highest BCUT2D eigenvalue weighted by molar-refractivity contribution is 6.23. The molecular formula is C40H44N2O8. The van der Waals surface area contributed by atoms with Gasteiger partial charge in [-0.25, -0.2) is 9.59 Å². The first-order chi connectivity index (χ1) is 23.8. The molecule has 5 rings (SSSR count). The molecule has 10 nitrogen and oxygen atoms in total. The molecule has 3 N–H and O–H groups in total. The number of nitrogens with zero attached hydrogens (tertiary/aromatic N) is 1. The Labute approximate surface area is 292 Å². The van der Waals surface area contributed by atoms with Gasteiger partial charge in [0.1, 0.15) is 25.0 Å². The maximum Gasteiger partial charge on any atom is 0.407 e. The Morgan fingerprint density at radius 1 is 0.920 bits per heavy atom. The Bertz CT molecular complexity index is 1780. The van der Waals surface area contributed by atoms with Crippen molar-refractivity contribution in [3.8, 4) is 11.1 Å². The van der Waals surface area contributed by atoms with Gasteiger partial charge in [-0.2, -0.15) is 0 Å². The van der Waals surface area contributed by atoms with E-state index in [9.17, 15) is 29.4 Å². The summed E-state index contributed by atoms with van der Waals surface area (Å²) in [5.41, 5.74) is 5.97. The molecule has 2 aliphatic rings. The zero-order valence-corrected chi connectivity index (χ0v) is 28.9. The molecule has 0 radical (unpaired) electrons. The predicted molar refractivity (Wildman–Crippen MR) is 189 cm³/mol. The SMILES string of the molecule is CC(C)CC(=Nc1ccc(COC(=O)C(CCC(=O)O)NC(=O)OCC2c3ccccc3-c3ccccc32)cc1)C1=C(O)CC(C)(C)CC1=O. The van der Waals surface area contributed by atoms with Crippen LogP contribution < -0.4 is 5.32 Å². The van der Waals surface area contributed by atoms with Gasteiger partial charge in [0.25, 0.3) is 0 Å². The lowest BCUT2D eigenvalue weighted by molar-refractivity contribution is -0.148. The van der Waals surface area contributed by atoms with Crippen LogP contribution in [-0.4, -0.2) is 52.4 Å². The minimum Gasteiger partial charge on any atom is -0.511 e. The first-order valence-electron chi connectivity index (χ1n) is 16.9. The van der Waals surface area contributed by atoms with E-state index in [1.807, 2.05) is 76.2 Å². The minimum atomic E-state index is -1.23. The van der Waals surface area contributed by atoms with Gasteiger partial charge < -0.3 is 25.0 Å². The van der Waals surface area contributed by atoms with E-state index in [1.165, 1.54) is 0 Å². The fourth-order valence-corrected chi connectivity index (χ4v) is 6.58. The van der Waals surface area contributed by atoms with E-state index in [0.717, 1.165) is 22.3 Å². The van der Waals surface area contributed by atoms with Gasteiger partial charge in [-0.1, -0.05) is 88.4 Å². The summed E-state index contributed by atoms with van der Waals surface area (Å²) in [4.78, 5) is 55.0. The molecule has 0 aromatic heterocycles. The van der Waals surface area contributed by atoms with Crippen LogP contribution in [0.25, 0.3) is 11.1 Å². The van der Waals surface area contributed by atoms with Crippen molar-refractivity contribution in [2.75, 3.05) is 6.61 Å². The number of esters is 1. The third-order valence-corrected chi connectivity index (χ3v) is 8.89. The first-order valence-corrected chi connectivity index (χ1v) is 16.9. The Kier molecular flexibility index (Phi) is 11.2. The van der Waals surface area contributed by atoms with Gasteiger partial charge in [-0.05, 0) is 64.1 Å². The number of carbonyl (C=O) groups excluding carboxylic acids is 3. The van der Waals surface area contributed by atoms with Crippen LogP contribution in [0.5, 0.6) is 0 Å². The molecule has 3 aromatic rings. The summed E-state index contributed by atoms with van der Waals surface area (Å²) in [5, 5.41) is 22.5. The van der Waals surface area contributed by atoms with Crippen LogP contribution in [-0.2, 0) is 30.5 Å². The molecular weight excluding hydrogens is 636 g/mol. The second-order valence-electron chi connectivity index (χ2n) is 14.1. The third kappa shape index (κ3) is 8.85. The average molecular weight is 681 g/mol. The molecule has 2 aliphatic carbocycles. The molecule has 0 spiro atoms. The van der Waals surface area contributed by atoms with Crippen molar-refractivity contribution in [1.82, 2.24) is 5.32 Å². The third-order valence-electron chi connectivity index (χ3n) is 8.89. The lowest BCUT2D eigenvalue weighted by Crippen LogP contribution is -2.42. The Morgan fingerprint density at radius 2 is 1.54 bits per heavy atom. The molecule has 10 heteroatoms. The molecule has 0 bridgehead atoms. The number of aliphatic carboxylic acids is 1. The number of benzene rings is 3. The van der Waals surface area contributed by atoms with Crippen LogP contribution in [0.4, 0.5) is 10.5 Å². The van der Waals surface area contributed by atoms with Gasteiger partial charge in [0.15, 0.2) is 5.78 Å². The number of hydrogen-bond acceptors (Lipinski definition) is 8. The normalized spacial score (nSPS) is 16.1.